The summed E-state index contributed by atoms with van der Waals surface area (Å²) in [6.45, 7) is 8.81. The molecule has 0 spiro atoms. The van der Waals surface area contributed by atoms with E-state index < -0.39 is 5.60 Å². The molecule has 0 unspecified atom stereocenters. The normalized spacial score (nSPS) is 49.7. The van der Waals surface area contributed by atoms with E-state index in [2.05, 4.69) is 19.9 Å². The fourth-order valence-electron chi connectivity index (χ4n) is 8.13. The summed E-state index contributed by atoms with van der Waals surface area (Å²) in [6.07, 6.45) is 11.1. The first kappa shape index (κ1) is 21.4. The standard InChI is InChI=1S/C25H40O4/c1-5-29-22(27)16(2)14-18-8-13-25(28)21-7-6-17-15-19(26)9-11-23(17,3)20(21)10-12-24(18,25)4/h14,17-21,26,28H,5-13,15H2,1-4H3/b16-14+/t17-,18-,19+,20+,21-,23+,24-,25+/m1/s1. The van der Waals surface area contributed by atoms with Crippen molar-refractivity contribution in [2.24, 2.45) is 34.5 Å². The van der Waals surface area contributed by atoms with Crippen molar-refractivity contribution >= 4 is 5.97 Å². The molecule has 4 saturated carbocycles. The summed E-state index contributed by atoms with van der Waals surface area (Å²) >= 11 is 0. The number of rotatable bonds is 3. The number of aliphatic hydroxyl groups excluding tert-OH is 1. The minimum Gasteiger partial charge on any atom is -0.463 e. The van der Waals surface area contributed by atoms with Gasteiger partial charge in [0.05, 0.1) is 18.3 Å². The molecule has 2 N–H and O–H groups in total. The van der Waals surface area contributed by atoms with Gasteiger partial charge in [0, 0.05) is 11.0 Å². The largest absolute Gasteiger partial charge is 0.463 e. The molecule has 4 aliphatic carbocycles. The minimum atomic E-state index is -0.643. The fourth-order valence-corrected chi connectivity index (χ4v) is 8.13. The SMILES string of the molecule is CCOC(=O)/C(C)=C/[C@H]1CC[C@]2(O)[C@@H]3CC[C@@H]4C[C@@H](O)CC[C@]4(C)[C@H]3CC[C@]12C. The Hall–Kier alpha value is -0.870. The zero-order chi connectivity index (χ0) is 21.0. The molecule has 8 atom stereocenters. The van der Waals surface area contributed by atoms with Crippen molar-refractivity contribution in [3.63, 3.8) is 0 Å². The Morgan fingerprint density at radius 1 is 1.07 bits per heavy atom. The van der Waals surface area contributed by atoms with Gasteiger partial charge in [-0.3, -0.25) is 0 Å². The van der Waals surface area contributed by atoms with Crippen molar-refractivity contribution in [1.29, 1.82) is 0 Å². The maximum Gasteiger partial charge on any atom is 0.333 e. The highest BCUT2D eigenvalue weighted by atomic mass is 16.5. The van der Waals surface area contributed by atoms with Crippen LogP contribution < -0.4 is 0 Å². The van der Waals surface area contributed by atoms with E-state index in [4.69, 9.17) is 4.74 Å². The third kappa shape index (κ3) is 3.12. The highest BCUT2D eigenvalue weighted by Gasteiger charge is 2.66. The second kappa shape index (κ2) is 7.37. The van der Waals surface area contributed by atoms with Crippen molar-refractivity contribution in [3.8, 4) is 0 Å². The number of carbonyl (C=O) groups is 1. The Morgan fingerprint density at radius 2 is 1.83 bits per heavy atom. The van der Waals surface area contributed by atoms with E-state index in [9.17, 15) is 15.0 Å². The molecule has 164 valence electrons. The lowest BCUT2D eigenvalue weighted by Gasteiger charge is -2.63. The Balaban J connectivity index is 1.60. The first-order chi connectivity index (χ1) is 13.7. The molecule has 0 aliphatic heterocycles. The lowest BCUT2D eigenvalue weighted by molar-refractivity contribution is -0.207. The smallest absolute Gasteiger partial charge is 0.333 e. The van der Waals surface area contributed by atoms with Gasteiger partial charge in [0.25, 0.3) is 0 Å². The van der Waals surface area contributed by atoms with Gasteiger partial charge in [-0.2, -0.15) is 0 Å². The Morgan fingerprint density at radius 3 is 2.55 bits per heavy atom. The first-order valence-electron chi connectivity index (χ1n) is 11.9. The van der Waals surface area contributed by atoms with Crippen LogP contribution in [0.4, 0.5) is 0 Å². The Kier molecular flexibility index (Phi) is 5.43. The van der Waals surface area contributed by atoms with Gasteiger partial charge in [-0.1, -0.05) is 19.9 Å². The second-order valence-electron chi connectivity index (χ2n) is 11.0. The van der Waals surface area contributed by atoms with E-state index in [1.165, 1.54) is 0 Å². The molecule has 0 radical (unpaired) electrons. The number of fused-ring (bicyclic) bond motifs is 5. The number of carbonyl (C=O) groups excluding carboxylic acids is 1. The van der Waals surface area contributed by atoms with Crippen molar-refractivity contribution < 1.29 is 19.7 Å². The van der Waals surface area contributed by atoms with E-state index >= 15 is 0 Å². The van der Waals surface area contributed by atoms with Crippen LogP contribution in [0.5, 0.6) is 0 Å². The van der Waals surface area contributed by atoms with E-state index in [-0.39, 0.29) is 28.8 Å². The number of hydrogen-bond donors (Lipinski definition) is 2. The van der Waals surface area contributed by atoms with Crippen LogP contribution in [-0.4, -0.2) is 34.5 Å². The quantitative estimate of drug-likeness (QED) is 0.532. The van der Waals surface area contributed by atoms with E-state index in [1.807, 2.05) is 13.8 Å². The zero-order valence-corrected chi connectivity index (χ0v) is 18.7. The Bertz CT molecular complexity index is 686. The fraction of sp³-hybridized carbons (Fsp3) is 0.880. The molecule has 0 aromatic rings. The Labute approximate surface area is 176 Å². The predicted octanol–water partition coefficient (Wildman–Crippen LogP) is 4.63. The molecule has 4 aliphatic rings. The maximum atomic E-state index is 12.2. The number of hydrogen-bond acceptors (Lipinski definition) is 4. The summed E-state index contributed by atoms with van der Waals surface area (Å²) in [5.74, 6) is 1.51. The van der Waals surface area contributed by atoms with Crippen molar-refractivity contribution in [3.05, 3.63) is 11.6 Å². The second-order valence-corrected chi connectivity index (χ2v) is 11.0. The molecule has 4 nitrogen and oxygen atoms in total. The highest BCUT2D eigenvalue weighted by molar-refractivity contribution is 5.87. The lowest BCUT2D eigenvalue weighted by Crippen LogP contribution is -2.62. The van der Waals surface area contributed by atoms with Gasteiger partial charge in [0.1, 0.15) is 0 Å². The average Bonchev–Trinajstić information content (AvgIpc) is 2.94. The minimum absolute atomic E-state index is 0.131. The summed E-state index contributed by atoms with van der Waals surface area (Å²) < 4.78 is 5.18. The molecular formula is C25H40O4. The summed E-state index contributed by atoms with van der Waals surface area (Å²) in [6, 6.07) is 0. The van der Waals surface area contributed by atoms with Crippen LogP contribution in [0.3, 0.4) is 0 Å². The molecule has 0 bridgehead atoms. The summed E-state index contributed by atoms with van der Waals surface area (Å²) in [5.41, 5.74) is 0.130. The van der Waals surface area contributed by atoms with Gasteiger partial charge in [-0.15, -0.1) is 0 Å². The molecule has 29 heavy (non-hydrogen) atoms. The van der Waals surface area contributed by atoms with E-state index in [0.29, 0.717) is 29.9 Å². The molecule has 0 amide bonds. The van der Waals surface area contributed by atoms with Gasteiger partial charge in [-0.05, 0) is 101 Å². The van der Waals surface area contributed by atoms with Crippen molar-refractivity contribution in [2.75, 3.05) is 6.61 Å². The lowest BCUT2D eigenvalue weighted by atomic mass is 9.43. The summed E-state index contributed by atoms with van der Waals surface area (Å²) in [4.78, 5) is 12.2. The molecule has 0 aromatic heterocycles. The molecule has 0 saturated heterocycles. The van der Waals surface area contributed by atoms with Crippen molar-refractivity contribution in [2.45, 2.75) is 97.2 Å². The van der Waals surface area contributed by atoms with Crippen LogP contribution in [0.1, 0.15) is 85.5 Å². The van der Waals surface area contributed by atoms with Crippen LogP contribution >= 0.6 is 0 Å². The zero-order valence-electron chi connectivity index (χ0n) is 18.7. The molecule has 4 heteroatoms. The topological polar surface area (TPSA) is 66.8 Å². The number of ether oxygens (including phenoxy) is 1. The van der Waals surface area contributed by atoms with Gasteiger partial charge >= 0.3 is 5.97 Å². The maximum absolute atomic E-state index is 12.2. The number of allylic oxidation sites excluding steroid dienone is 1. The summed E-state index contributed by atoms with van der Waals surface area (Å²) in [7, 11) is 0. The molecule has 0 aromatic carbocycles. The third-order valence-electron chi connectivity index (χ3n) is 9.94. The molecule has 4 fully saturated rings. The number of esters is 1. The first-order valence-corrected chi connectivity index (χ1v) is 11.9. The average molecular weight is 405 g/mol. The third-order valence-corrected chi connectivity index (χ3v) is 9.94. The predicted molar refractivity (Wildman–Crippen MR) is 113 cm³/mol. The van der Waals surface area contributed by atoms with Gasteiger partial charge in [-0.25, -0.2) is 4.79 Å². The van der Waals surface area contributed by atoms with Crippen LogP contribution in [0.15, 0.2) is 11.6 Å². The van der Waals surface area contributed by atoms with Crippen LogP contribution in [0, 0.1) is 34.5 Å². The molecule has 0 heterocycles. The molecular weight excluding hydrogens is 364 g/mol. The molecule has 4 rings (SSSR count). The van der Waals surface area contributed by atoms with Crippen molar-refractivity contribution in [1.82, 2.24) is 0 Å². The summed E-state index contributed by atoms with van der Waals surface area (Å²) in [5, 5.41) is 22.4. The van der Waals surface area contributed by atoms with Gasteiger partial charge in [0.15, 0.2) is 0 Å². The van der Waals surface area contributed by atoms with E-state index in [0.717, 1.165) is 57.8 Å². The van der Waals surface area contributed by atoms with E-state index in [1.54, 1.807) is 0 Å². The van der Waals surface area contributed by atoms with Gasteiger partial charge < -0.3 is 14.9 Å². The highest BCUT2D eigenvalue weighted by Crippen LogP contribution is 2.69. The van der Waals surface area contributed by atoms with Crippen LogP contribution in [0.25, 0.3) is 0 Å². The number of aliphatic hydroxyl groups is 2. The monoisotopic (exact) mass is 404 g/mol. The van der Waals surface area contributed by atoms with Crippen LogP contribution in [0.2, 0.25) is 0 Å². The van der Waals surface area contributed by atoms with Gasteiger partial charge in [0.2, 0.25) is 0 Å². The van der Waals surface area contributed by atoms with Crippen LogP contribution in [-0.2, 0) is 9.53 Å².